The number of rotatable bonds is 2. The predicted octanol–water partition coefficient (Wildman–Crippen LogP) is 5.66. The Hall–Kier alpha value is -2.08. The molecule has 0 unspecified atom stereocenters. The Kier molecular flexibility index (Phi) is 4.18. The molecule has 110 valence electrons. The zero-order chi connectivity index (χ0) is 15.6. The summed E-state index contributed by atoms with van der Waals surface area (Å²) in [7, 11) is 0. The second kappa shape index (κ2) is 5.73. The van der Waals surface area contributed by atoms with Crippen molar-refractivity contribution in [1.82, 2.24) is 0 Å². The van der Waals surface area contributed by atoms with Gasteiger partial charge >= 0.3 is 6.18 Å². The molecule has 0 spiro atoms. The zero-order valence-corrected chi connectivity index (χ0v) is 11.7. The number of hydrogen-bond acceptors (Lipinski definition) is 3. The summed E-state index contributed by atoms with van der Waals surface area (Å²) in [6.45, 7) is 1.75. The highest BCUT2D eigenvalue weighted by Crippen LogP contribution is 2.38. The maximum absolute atomic E-state index is 12.9. The van der Waals surface area contributed by atoms with Crippen LogP contribution in [0, 0.1) is 6.92 Å². The standard InChI is InChI=1S/C14H11ClF3N3/c1-8-6-10(19)3-5-12(8)20-21-13-4-2-9(15)7-11(13)14(16,17)18/h2-7H,19H2,1H3/b21-20+. The highest BCUT2D eigenvalue weighted by molar-refractivity contribution is 6.30. The van der Waals surface area contributed by atoms with Crippen molar-refractivity contribution in [2.75, 3.05) is 5.73 Å². The van der Waals surface area contributed by atoms with Gasteiger partial charge in [-0.1, -0.05) is 11.6 Å². The normalized spacial score (nSPS) is 12.0. The molecule has 0 aliphatic carbocycles. The molecule has 2 N–H and O–H groups in total. The van der Waals surface area contributed by atoms with E-state index in [4.69, 9.17) is 17.3 Å². The van der Waals surface area contributed by atoms with E-state index >= 15 is 0 Å². The van der Waals surface area contributed by atoms with E-state index in [1.165, 1.54) is 12.1 Å². The summed E-state index contributed by atoms with van der Waals surface area (Å²) in [6.07, 6.45) is -4.55. The van der Waals surface area contributed by atoms with E-state index in [1.807, 2.05) is 0 Å². The van der Waals surface area contributed by atoms with E-state index in [0.717, 1.165) is 11.6 Å². The SMILES string of the molecule is Cc1cc(N)ccc1/N=N/c1ccc(Cl)cc1C(F)(F)F. The lowest BCUT2D eigenvalue weighted by molar-refractivity contribution is -0.137. The minimum absolute atomic E-state index is 0.00931. The van der Waals surface area contributed by atoms with Gasteiger partial charge in [0.25, 0.3) is 0 Å². The molecule has 2 aromatic carbocycles. The van der Waals surface area contributed by atoms with Crippen LogP contribution < -0.4 is 5.73 Å². The summed E-state index contributed by atoms with van der Waals surface area (Å²) >= 11 is 5.60. The lowest BCUT2D eigenvalue weighted by Gasteiger charge is -2.09. The van der Waals surface area contributed by atoms with Gasteiger partial charge in [0.1, 0.15) is 0 Å². The van der Waals surface area contributed by atoms with E-state index in [-0.39, 0.29) is 10.7 Å². The Morgan fingerprint density at radius 2 is 1.62 bits per heavy atom. The van der Waals surface area contributed by atoms with E-state index in [9.17, 15) is 13.2 Å². The number of alkyl halides is 3. The first-order valence-electron chi connectivity index (χ1n) is 5.92. The molecule has 2 rings (SSSR count). The number of azo groups is 1. The lowest BCUT2D eigenvalue weighted by Crippen LogP contribution is -2.04. The highest BCUT2D eigenvalue weighted by atomic mass is 35.5. The molecule has 0 aromatic heterocycles. The average Bonchev–Trinajstić information content (AvgIpc) is 2.38. The molecular weight excluding hydrogens is 303 g/mol. The molecule has 0 aliphatic rings. The molecule has 0 radical (unpaired) electrons. The molecule has 0 fully saturated rings. The Morgan fingerprint density at radius 3 is 2.24 bits per heavy atom. The van der Waals surface area contributed by atoms with Crippen LogP contribution in [-0.4, -0.2) is 0 Å². The molecule has 2 aromatic rings. The number of anilines is 1. The topological polar surface area (TPSA) is 50.7 Å². The number of hydrogen-bond donors (Lipinski definition) is 1. The molecule has 7 heteroatoms. The third-order valence-corrected chi connectivity index (χ3v) is 2.99. The van der Waals surface area contributed by atoms with Crippen molar-refractivity contribution >= 4 is 28.7 Å². The molecule has 0 heterocycles. The fourth-order valence-corrected chi connectivity index (χ4v) is 1.89. The van der Waals surface area contributed by atoms with Crippen LogP contribution in [0.15, 0.2) is 46.6 Å². The van der Waals surface area contributed by atoms with Crippen LogP contribution in [0.3, 0.4) is 0 Å². The first-order valence-corrected chi connectivity index (χ1v) is 6.30. The van der Waals surface area contributed by atoms with Crippen LogP contribution in [0.4, 0.5) is 30.2 Å². The maximum Gasteiger partial charge on any atom is 0.418 e. The van der Waals surface area contributed by atoms with Crippen molar-refractivity contribution in [2.45, 2.75) is 13.1 Å². The average molecular weight is 314 g/mol. The summed E-state index contributed by atoms with van der Waals surface area (Å²) in [5, 5.41) is 7.52. The van der Waals surface area contributed by atoms with Crippen molar-refractivity contribution in [1.29, 1.82) is 0 Å². The predicted molar refractivity (Wildman–Crippen MR) is 76.2 cm³/mol. The van der Waals surface area contributed by atoms with Crippen LogP contribution in [0.25, 0.3) is 0 Å². The molecule has 0 amide bonds. The van der Waals surface area contributed by atoms with Crippen molar-refractivity contribution in [3.63, 3.8) is 0 Å². The molecule has 0 bridgehead atoms. The first-order chi connectivity index (χ1) is 9.77. The van der Waals surface area contributed by atoms with Crippen LogP contribution in [-0.2, 0) is 6.18 Å². The largest absolute Gasteiger partial charge is 0.418 e. The third kappa shape index (κ3) is 3.72. The van der Waals surface area contributed by atoms with Gasteiger partial charge < -0.3 is 5.73 Å². The fraction of sp³-hybridized carbons (Fsp3) is 0.143. The second-order valence-corrected chi connectivity index (χ2v) is 4.84. The van der Waals surface area contributed by atoms with Gasteiger partial charge in [-0.15, -0.1) is 5.11 Å². The number of halogens is 4. The third-order valence-electron chi connectivity index (χ3n) is 2.75. The van der Waals surface area contributed by atoms with Crippen LogP contribution in [0.2, 0.25) is 5.02 Å². The minimum atomic E-state index is -4.55. The van der Waals surface area contributed by atoms with Gasteiger partial charge in [-0.2, -0.15) is 18.3 Å². The monoisotopic (exact) mass is 313 g/mol. The Balaban J connectivity index is 2.41. The van der Waals surface area contributed by atoms with Crippen molar-refractivity contribution in [2.24, 2.45) is 10.2 Å². The highest BCUT2D eigenvalue weighted by Gasteiger charge is 2.34. The van der Waals surface area contributed by atoms with E-state index < -0.39 is 11.7 Å². The van der Waals surface area contributed by atoms with E-state index in [0.29, 0.717) is 11.4 Å². The van der Waals surface area contributed by atoms with Gasteiger partial charge in [-0.25, -0.2) is 0 Å². The minimum Gasteiger partial charge on any atom is -0.399 e. The summed E-state index contributed by atoms with van der Waals surface area (Å²) in [4.78, 5) is 0. The molecular formula is C14H11ClF3N3. The van der Waals surface area contributed by atoms with Crippen LogP contribution >= 0.6 is 11.6 Å². The zero-order valence-electron chi connectivity index (χ0n) is 10.9. The first kappa shape index (κ1) is 15.3. The van der Waals surface area contributed by atoms with Crippen LogP contribution in [0.1, 0.15) is 11.1 Å². The molecule has 21 heavy (non-hydrogen) atoms. The van der Waals surface area contributed by atoms with Crippen LogP contribution in [0.5, 0.6) is 0 Å². The summed E-state index contributed by atoms with van der Waals surface area (Å²) in [6, 6.07) is 8.21. The Labute approximate surface area is 124 Å². The summed E-state index contributed by atoms with van der Waals surface area (Å²) in [5.41, 5.74) is 6.11. The Bertz CT molecular complexity index is 696. The van der Waals surface area contributed by atoms with E-state index in [1.54, 1.807) is 25.1 Å². The molecule has 0 aliphatic heterocycles. The lowest BCUT2D eigenvalue weighted by atomic mass is 10.2. The summed E-state index contributed by atoms with van der Waals surface area (Å²) in [5.74, 6) is 0. The molecule has 0 atom stereocenters. The smallest absolute Gasteiger partial charge is 0.399 e. The van der Waals surface area contributed by atoms with Crippen molar-refractivity contribution in [3.05, 3.63) is 52.5 Å². The number of benzene rings is 2. The van der Waals surface area contributed by atoms with Gasteiger partial charge in [0.2, 0.25) is 0 Å². The van der Waals surface area contributed by atoms with Gasteiger partial charge in [-0.05, 0) is 48.9 Å². The summed E-state index contributed by atoms with van der Waals surface area (Å²) < 4.78 is 38.7. The van der Waals surface area contributed by atoms with Gasteiger partial charge in [0, 0.05) is 10.7 Å². The number of nitrogens with two attached hydrogens (primary N) is 1. The van der Waals surface area contributed by atoms with Crippen molar-refractivity contribution in [3.8, 4) is 0 Å². The van der Waals surface area contributed by atoms with Gasteiger partial charge in [-0.3, -0.25) is 0 Å². The van der Waals surface area contributed by atoms with E-state index in [2.05, 4.69) is 10.2 Å². The maximum atomic E-state index is 12.9. The number of nitrogens with zero attached hydrogens (tertiary/aromatic N) is 2. The van der Waals surface area contributed by atoms with Crippen molar-refractivity contribution < 1.29 is 13.2 Å². The second-order valence-electron chi connectivity index (χ2n) is 4.41. The quantitative estimate of drug-likeness (QED) is 0.564. The van der Waals surface area contributed by atoms with Gasteiger partial charge in [0.05, 0.1) is 16.9 Å². The molecule has 0 saturated heterocycles. The molecule has 0 saturated carbocycles. The fourth-order valence-electron chi connectivity index (χ4n) is 1.72. The Morgan fingerprint density at radius 1 is 1.00 bits per heavy atom. The number of aryl methyl sites for hydroxylation is 1. The number of nitrogen functional groups attached to an aromatic ring is 1. The molecule has 3 nitrogen and oxygen atoms in total. The van der Waals surface area contributed by atoms with Gasteiger partial charge in [0.15, 0.2) is 0 Å².